The van der Waals surface area contributed by atoms with Gasteiger partial charge in [-0.3, -0.25) is 0 Å². The minimum absolute atomic E-state index is 0.451. The molecule has 0 aliphatic carbocycles. The molecule has 0 radical (unpaired) electrons. The van der Waals surface area contributed by atoms with Crippen LogP contribution in [0.3, 0.4) is 0 Å². The van der Waals surface area contributed by atoms with Crippen LogP contribution < -0.4 is 5.11 Å². The molecule has 0 aliphatic heterocycles. The molecule has 0 heterocycles. The number of rotatable bonds is 3. The summed E-state index contributed by atoms with van der Waals surface area (Å²) in [6.07, 6.45) is -2.08. The number of hydrogen-bond acceptors (Lipinski definition) is 2. The highest BCUT2D eigenvalue weighted by molar-refractivity contribution is 7.97. The van der Waals surface area contributed by atoms with Gasteiger partial charge in [0, 0.05) is 10.0 Å². The van der Waals surface area contributed by atoms with E-state index in [1.807, 2.05) is 30.3 Å². The SMILES string of the molecule is Clc1cc(Cl)c([S+](c2ccccc2)c2c(Cl)cc(Cl)cc2Cl)c(Cl)c1.O=C([O-])O. The summed E-state index contributed by atoms with van der Waals surface area (Å²) in [4.78, 5) is 10.8. The van der Waals surface area contributed by atoms with E-state index in [9.17, 15) is 0 Å². The fourth-order valence-electron chi connectivity index (χ4n) is 2.34. The lowest BCUT2D eigenvalue weighted by Crippen LogP contribution is -2.17. The zero-order chi connectivity index (χ0) is 21.7. The minimum atomic E-state index is -2.08. The second-order valence-electron chi connectivity index (χ2n) is 5.28. The fourth-order valence-corrected chi connectivity index (χ4v) is 7.02. The van der Waals surface area contributed by atoms with Crippen molar-refractivity contribution in [3.8, 4) is 0 Å². The Morgan fingerprint density at radius 2 is 1.03 bits per heavy atom. The Balaban J connectivity index is 0.000000687. The first-order valence-corrected chi connectivity index (χ1v) is 11.1. The van der Waals surface area contributed by atoms with Crippen LogP contribution in [0.1, 0.15) is 0 Å². The molecular weight excluding hydrogens is 521 g/mol. The number of carboxylic acid groups (broad SMARTS) is 2. The van der Waals surface area contributed by atoms with Gasteiger partial charge in [-0.2, -0.15) is 0 Å². The molecule has 0 bridgehead atoms. The van der Waals surface area contributed by atoms with Crippen LogP contribution >= 0.6 is 69.6 Å². The van der Waals surface area contributed by atoms with Crippen molar-refractivity contribution < 1.29 is 15.0 Å². The van der Waals surface area contributed by atoms with E-state index in [2.05, 4.69) is 0 Å². The third-order valence-electron chi connectivity index (χ3n) is 3.31. The molecule has 1 N–H and O–H groups in total. The van der Waals surface area contributed by atoms with Gasteiger partial charge in [0.1, 0.15) is 10.9 Å². The van der Waals surface area contributed by atoms with Crippen LogP contribution in [0.4, 0.5) is 4.79 Å². The Labute approximate surface area is 200 Å². The van der Waals surface area contributed by atoms with Crippen LogP contribution in [0, 0.1) is 0 Å². The number of halogens is 6. The van der Waals surface area contributed by atoms with Gasteiger partial charge in [0.15, 0.2) is 4.90 Å². The Morgan fingerprint density at radius 3 is 1.34 bits per heavy atom. The maximum Gasteiger partial charge on any atom is 0.249 e. The summed E-state index contributed by atoms with van der Waals surface area (Å²) in [5, 5.41) is 18.0. The molecule has 0 spiro atoms. The summed E-state index contributed by atoms with van der Waals surface area (Å²) in [6.45, 7) is 0. The van der Waals surface area contributed by atoms with Crippen molar-refractivity contribution in [2.45, 2.75) is 14.7 Å². The van der Waals surface area contributed by atoms with Crippen LogP contribution in [0.25, 0.3) is 0 Å². The fraction of sp³-hybridized carbons (Fsp3) is 0. The van der Waals surface area contributed by atoms with Gasteiger partial charge in [-0.05, 0) is 36.4 Å². The quantitative estimate of drug-likeness (QED) is 0.355. The third-order valence-corrected chi connectivity index (χ3v) is 7.83. The summed E-state index contributed by atoms with van der Waals surface area (Å²) in [7, 11) is -0.723. The average molecular weight is 531 g/mol. The van der Waals surface area contributed by atoms with Crippen LogP contribution in [0.15, 0.2) is 69.3 Å². The molecule has 152 valence electrons. The molecular formula is C19H10Cl6O3S. The second-order valence-corrected chi connectivity index (χ2v) is 9.68. The van der Waals surface area contributed by atoms with Gasteiger partial charge in [-0.1, -0.05) is 87.8 Å². The molecule has 0 fully saturated rings. The number of benzene rings is 3. The maximum atomic E-state index is 8.44. The van der Waals surface area contributed by atoms with Crippen molar-refractivity contribution in [2.24, 2.45) is 0 Å². The van der Waals surface area contributed by atoms with Gasteiger partial charge in [0.25, 0.3) is 0 Å². The smallest absolute Gasteiger partial charge is 0.249 e. The van der Waals surface area contributed by atoms with Crippen molar-refractivity contribution in [3.63, 3.8) is 0 Å². The molecule has 29 heavy (non-hydrogen) atoms. The lowest BCUT2D eigenvalue weighted by Gasteiger charge is -2.13. The Hall–Kier alpha value is -0.980. The molecule has 0 unspecified atom stereocenters. The Bertz CT molecular complexity index is 922. The number of carbonyl (C=O) groups is 1. The predicted octanol–water partition coefficient (Wildman–Crippen LogP) is 7.59. The third kappa shape index (κ3) is 6.50. The second kappa shape index (κ2) is 10.9. The van der Waals surface area contributed by atoms with Crippen molar-refractivity contribution in [1.29, 1.82) is 0 Å². The summed E-state index contributed by atoms with van der Waals surface area (Å²) in [6, 6.07) is 16.4. The number of hydrogen-bond donors (Lipinski definition) is 1. The predicted molar refractivity (Wildman–Crippen MR) is 120 cm³/mol. The molecule has 3 aromatic rings. The molecule has 0 aromatic heterocycles. The molecule has 10 heteroatoms. The van der Waals surface area contributed by atoms with Crippen LogP contribution in [-0.4, -0.2) is 11.3 Å². The van der Waals surface area contributed by atoms with Crippen LogP contribution in [0.5, 0.6) is 0 Å². The first-order valence-electron chi connectivity index (χ1n) is 7.60. The van der Waals surface area contributed by atoms with Gasteiger partial charge < -0.3 is 15.0 Å². The molecule has 3 nitrogen and oxygen atoms in total. The van der Waals surface area contributed by atoms with E-state index in [1.165, 1.54) is 0 Å². The van der Waals surface area contributed by atoms with E-state index >= 15 is 0 Å². The monoisotopic (exact) mass is 528 g/mol. The van der Waals surface area contributed by atoms with Gasteiger partial charge in [0.2, 0.25) is 15.9 Å². The van der Waals surface area contributed by atoms with E-state index in [-0.39, 0.29) is 0 Å². The van der Waals surface area contributed by atoms with E-state index in [0.717, 1.165) is 4.90 Å². The first kappa shape index (κ1) is 24.3. The van der Waals surface area contributed by atoms with E-state index < -0.39 is 17.1 Å². The summed E-state index contributed by atoms with van der Waals surface area (Å²) >= 11 is 38.1. The molecule has 0 aliphatic rings. The largest absolute Gasteiger partial charge is 0.565 e. The molecule has 0 saturated heterocycles. The summed E-state index contributed by atoms with van der Waals surface area (Å²) < 4.78 is 0. The molecule has 3 aromatic carbocycles. The Kier molecular flexibility index (Phi) is 9.11. The highest BCUT2D eigenvalue weighted by atomic mass is 35.5. The summed E-state index contributed by atoms with van der Waals surface area (Å²) in [5.74, 6) is 0. The molecule has 0 saturated carbocycles. The standard InChI is InChI=1S/C18H9Cl6S.CH2O3/c19-10-6-13(21)17(14(22)7-10)25(12-4-2-1-3-5-12)18-15(23)8-11(20)9-16(18)24;2-1(3)4/h1-9H;(H2,2,3,4)/q+1;/p-1. The maximum absolute atomic E-state index is 8.44. The molecule has 0 atom stereocenters. The van der Waals surface area contributed by atoms with Crippen molar-refractivity contribution in [2.75, 3.05) is 0 Å². The zero-order valence-electron chi connectivity index (χ0n) is 14.1. The van der Waals surface area contributed by atoms with E-state index in [1.54, 1.807) is 24.3 Å². The normalized spacial score (nSPS) is 10.4. The van der Waals surface area contributed by atoms with Crippen LogP contribution in [0.2, 0.25) is 30.1 Å². The Morgan fingerprint density at radius 1 is 0.724 bits per heavy atom. The summed E-state index contributed by atoms with van der Waals surface area (Å²) in [5.41, 5.74) is 0. The lowest BCUT2D eigenvalue weighted by atomic mass is 10.3. The van der Waals surface area contributed by atoms with Gasteiger partial charge in [-0.15, -0.1) is 0 Å². The average Bonchev–Trinajstić information content (AvgIpc) is 2.59. The highest BCUT2D eigenvalue weighted by Gasteiger charge is 2.38. The zero-order valence-corrected chi connectivity index (χ0v) is 19.5. The molecule has 3 rings (SSSR count). The molecule has 0 amide bonds. The van der Waals surface area contributed by atoms with Gasteiger partial charge in [0.05, 0.1) is 20.1 Å². The first-order chi connectivity index (χ1) is 13.6. The van der Waals surface area contributed by atoms with Gasteiger partial charge >= 0.3 is 0 Å². The van der Waals surface area contributed by atoms with E-state index in [0.29, 0.717) is 39.9 Å². The van der Waals surface area contributed by atoms with E-state index in [4.69, 9.17) is 84.6 Å². The van der Waals surface area contributed by atoms with Crippen molar-refractivity contribution in [3.05, 3.63) is 84.7 Å². The van der Waals surface area contributed by atoms with Crippen LogP contribution in [-0.2, 0) is 10.9 Å². The lowest BCUT2D eigenvalue weighted by molar-refractivity contribution is -0.275. The topological polar surface area (TPSA) is 60.4 Å². The van der Waals surface area contributed by atoms with Crippen molar-refractivity contribution >= 4 is 86.7 Å². The highest BCUT2D eigenvalue weighted by Crippen LogP contribution is 2.46. The minimum Gasteiger partial charge on any atom is -0.565 e. The van der Waals surface area contributed by atoms with Gasteiger partial charge in [-0.25, -0.2) is 0 Å². The van der Waals surface area contributed by atoms with Crippen molar-refractivity contribution in [1.82, 2.24) is 0 Å².